The van der Waals surface area contributed by atoms with Gasteiger partial charge in [0.15, 0.2) is 5.76 Å². The monoisotopic (exact) mass is 417 g/mol. The van der Waals surface area contributed by atoms with Gasteiger partial charge in [-0.1, -0.05) is 47.1 Å². The third-order valence-electron chi connectivity index (χ3n) is 4.79. The molecule has 1 saturated heterocycles. The highest BCUT2D eigenvalue weighted by Crippen LogP contribution is 2.22. The molecule has 0 unspecified atom stereocenters. The average Bonchev–Trinajstić information content (AvgIpc) is 3.18. The molecule has 0 saturated carbocycles. The molecule has 0 atom stereocenters. The lowest BCUT2D eigenvalue weighted by Crippen LogP contribution is -2.48. The SMILES string of the molecule is O=S(=O)(c1ccc(Cl)cc1)N1CCN(Cc2cc(-c3ccccc3)no2)CC1. The van der Waals surface area contributed by atoms with Crippen LogP contribution in [0.1, 0.15) is 5.76 Å². The van der Waals surface area contributed by atoms with Crippen molar-refractivity contribution in [2.75, 3.05) is 26.2 Å². The lowest BCUT2D eigenvalue weighted by molar-refractivity contribution is 0.166. The Morgan fingerprint density at radius 1 is 0.964 bits per heavy atom. The summed E-state index contributed by atoms with van der Waals surface area (Å²) in [6.45, 7) is 2.74. The Kier molecular flexibility index (Phi) is 5.50. The first kappa shape index (κ1) is 19.1. The minimum absolute atomic E-state index is 0.271. The van der Waals surface area contributed by atoms with Crippen LogP contribution in [0, 0.1) is 0 Å². The molecule has 0 aliphatic carbocycles. The van der Waals surface area contributed by atoms with Crippen molar-refractivity contribution in [1.82, 2.24) is 14.4 Å². The predicted octanol–water partition coefficient (Wildman–Crippen LogP) is 3.50. The quantitative estimate of drug-likeness (QED) is 0.635. The second-order valence-corrected chi connectivity index (χ2v) is 9.05. The summed E-state index contributed by atoms with van der Waals surface area (Å²) in [6.07, 6.45) is 0. The maximum absolute atomic E-state index is 12.8. The number of benzene rings is 2. The van der Waals surface area contributed by atoms with Gasteiger partial charge in [0.25, 0.3) is 0 Å². The molecule has 2 aromatic carbocycles. The van der Waals surface area contributed by atoms with Crippen LogP contribution in [0.3, 0.4) is 0 Å². The highest BCUT2D eigenvalue weighted by molar-refractivity contribution is 7.89. The van der Waals surface area contributed by atoms with Crippen molar-refractivity contribution < 1.29 is 12.9 Å². The fourth-order valence-corrected chi connectivity index (χ4v) is 4.78. The zero-order valence-electron chi connectivity index (χ0n) is 15.2. The summed E-state index contributed by atoms with van der Waals surface area (Å²) in [6, 6.07) is 18.1. The molecule has 3 aromatic rings. The molecule has 2 heterocycles. The van der Waals surface area contributed by atoms with Crippen LogP contribution < -0.4 is 0 Å². The number of sulfonamides is 1. The van der Waals surface area contributed by atoms with Crippen molar-refractivity contribution in [2.45, 2.75) is 11.4 Å². The number of nitrogens with zero attached hydrogens (tertiary/aromatic N) is 3. The minimum Gasteiger partial charge on any atom is -0.359 e. The van der Waals surface area contributed by atoms with Crippen molar-refractivity contribution in [3.8, 4) is 11.3 Å². The van der Waals surface area contributed by atoms with Crippen LogP contribution in [0.15, 0.2) is 70.1 Å². The second kappa shape index (κ2) is 8.05. The van der Waals surface area contributed by atoms with Gasteiger partial charge < -0.3 is 4.52 Å². The lowest BCUT2D eigenvalue weighted by Gasteiger charge is -2.33. The Morgan fingerprint density at radius 3 is 2.32 bits per heavy atom. The van der Waals surface area contributed by atoms with Crippen LogP contribution in [-0.4, -0.2) is 49.0 Å². The van der Waals surface area contributed by atoms with Gasteiger partial charge in [-0.25, -0.2) is 8.42 Å². The Balaban J connectivity index is 1.37. The van der Waals surface area contributed by atoms with Crippen molar-refractivity contribution in [3.63, 3.8) is 0 Å². The smallest absolute Gasteiger partial charge is 0.243 e. The number of aromatic nitrogens is 1. The van der Waals surface area contributed by atoms with Gasteiger partial charge in [-0.15, -0.1) is 0 Å². The van der Waals surface area contributed by atoms with E-state index in [9.17, 15) is 8.42 Å². The highest BCUT2D eigenvalue weighted by atomic mass is 35.5. The van der Waals surface area contributed by atoms with Gasteiger partial charge >= 0.3 is 0 Å². The topological polar surface area (TPSA) is 66.7 Å². The van der Waals surface area contributed by atoms with E-state index in [2.05, 4.69) is 10.1 Å². The van der Waals surface area contributed by atoms with Crippen LogP contribution in [0.5, 0.6) is 0 Å². The summed E-state index contributed by atoms with van der Waals surface area (Å²) in [5.74, 6) is 0.771. The molecule has 0 spiro atoms. The standard InChI is InChI=1S/C20H20ClN3O3S/c21-17-6-8-19(9-7-17)28(25,26)24-12-10-23(11-13-24)15-18-14-20(22-27-18)16-4-2-1-3-5-16/h1-9,14H,10-13,15H2. The Labute approximate surface area is 169 Å². The number of hydrogen-bond acceptors (Lipinski definition) is 5. The molecule has 0 radical (unpaired) electrons. The van der Waals surface area contributed by atoms with Gasteiger partial charge in [-0.3, -0.25) is 4.90 Å². The van der Waals surface area contributed by atoms with Crippen LogP contribution in [0.2, 0.25) is 5.02 Å². The first-order valence-electron chi connectivity index (χ1n) is 9.01. The molecule has 4 rings (SSSR count). The molecule has 1 aliphatic rings. The average molecular weight is 418 g/mol. The van der Waals surface area contributed by atoms with E-state index >= 15 is 0 Å². The molecule has 28 heavy (non-hydrogen) atoms. The molecule has 1 aromatic heterocycles. The summed E-state index contributed by atoms with van der Waals surface area (Å²) < 4.78 is 32.5. The van der Waals surface area contributed by atoms with E-state index in [-0.39, 0.29) is 4.90 Å². The van der Waals surface area contributed by atoms with Crippen molar-refractivity contribution in [2.24, 2.45) is 0 Å². The molecule has 1 aliphatic heterocycles. The fraction of sp³-hybridized carbons (Fsp3) is 0.250. The van der Waals surface area contributed by atoms with Crippen LogP contribution in [0.4, 0.5) is 0 Å². The van der Waals surface area contributed by atoms with E-state index in [0.29, 0.717) is 37.7 Å². The van der Waals surface area contributed by atoms with Crippen molar-refractivity contribution >= 4 is 21.6 Å². The Bertz CT molecular complexity index is 1030. The van der Waals surface area contributed by atoms with Gasteiger partial charge in [0.2, 0.25) is 10.0 Å². The lowest BCUT2D eigenvalue weighted by atomic mass is 10.1. The summed E-state index contributed by atoms with van der Waals surface area (Å²) in [5.41, 5.74) is 1.82. The van der Waals surface area contributed by atoms with Crippen LogP contribution in [-0.2, 0) is 16.6 Å². The molecule has 6 nitrogen and oxygen atoms in total. The molecule has 0 N–H and O–H groups in total. The number of halogens is 1. The molecular weight excluding hydrogens is 398 g/mol. The van der Waals surface area contributed by atoms with E-state index in [1.165, 1.54) is 4.31 Å². The third kappa shape index (κ3) is 4.12. The predicted molar refractivity (Wildman–Crippen MR) is 107 cm³/mol. The highest BCUT2D eigenvalue weighted by Gasteiger charge is 2.28. The van der Waals surface area contributed by atoms with E-state index in [1.54, 1.807) is 24.3 Å². The maximum Gasteiger partial charge on any atom is 0.243 e. The van der Waals surface area contributed by atoms with Crippen molar-refractivity contribution in [3.05, 3.63) is 71.4 Å². The zero-order valence-corrected chi connectivity index (χ0v) is 16.7. The maximum atomic E-state index is 12.8. The number of piperazine rings is 1. The van der Waals surface area contributed by atoms with Gasteiger partial charge in [0.05, 0.1) is 11.4 Å². The molecule has 8 heteroatoms. The van der Waals surface area contributed by atoms with Gasteiger partial charge in [0.1, 0.15) is 5.69 Å². The minimum atomic E-state index is -3.49. The van der Waals surface area contributed by atoms with Crippen LogP contribution in [0.25, 0.3) is 11.3 Å². The number of hydrogen-bond donors (Lipinski definition) is 0. The molecule has 0 bridgehead atoms. The van der Waals surface area contributed by atoms with E-state index in [1.807, 2.05) is 36.4 Å². The Hall–Kier alpha value is -2.19. The zero-order chi connectivity index (χ0) is 19.6. The van der Waals surface area contributed by atoms with Crippen LogP contribution >= 0.6 is 11.6 Å². The molecule has 146 valence electrons. The van der Waals surface area contributed by atoms with E-state index in [4.69, 9.17) is 16.1 Å². The first-order chi connectivity index (χ1) is 13.5. The van der Waals surface area contributed by atoms with Crippen molar-refractivity contribution in [1.29, 1.82) is 0 Å². The third-order valence-corrected chi connectivity index (χ3v) is 6.96. The molecule has 1 fully saturated rings. The van der Waals surface area contributed by atoms with Gasteiger partial charge in [0, 0.05) is 42.8 Å². The summed E-state index contributed by atoms with van der Waals surface area (Å²) in [7, 11) is -3.49. The number of rotatable bonds is 5. The summed E-state index contributed by atoms with van der Waals surface area (Å²) in [4.78, 5) is 2.44. The van der Waals surface area contributed by atoms with Gasteiger partial charge in [-0.05, 0) is 24.3 Å². The largest absolute Gasteiger partial charge is 0.359 e. The molecular formula is C20H20ClN3O3S. The fourth-order valence-electron chi connectivity index (χ4n) is 3.24. The van der Waals surface area contributed by atoms with E-state index < -0.39 is 10.0 Å². The summed E-state index contributed by atoms with van der Waals surface area (Å²) in [5, 5.41) is 4.65. The molecule has 0 amide bonds. The second-order valence-electron chi connectivity index (χ2n) is 6.68. The summed E-state index contributed by atoms with van der Waals surface area (Å²) >= 11 is 5.86. The Morgan fingerprint density at radius 2 is 1.64 bits per heavy atom. The van der Waals surface area contributed by atoms with E-state index in [0.717, 1.165) is 17.0 Å². The first-order valence-corrected chi connectivity index (χ1v) is 10.8. The van der Waals surface area contributed by atoms with Gasteiger partial charge in [-0.2, -0.15) is 4.31 Å². The normalized spacial score (nSPS) is 16.3.